The molecule has 0 aliphatic heterocycles. The molecule has 0 spiro atoms. The molecule has 2 heterocycles. The van der Waals surface area contributed by atoms with Crippen molar-refractivity contribution in [2.75, 3.05) is 16.4 Å². The standard InChI is InChI=1S/C23H20F3N7O/c1-12-6-7-16(30-21(34)14-4-3-5-15(9-14)23(24,25)26)10-18(12)31-20-17(11-28-33-20)19-8-13(2)29-22(27)32-19/h3-11H,1-2H3,(H,30,34)(H2,27,29,32)(H2,28,31,33). The van der Waals surface area contributed by atoms with Gasteiger partial charge in [0.25, 0.3) is 5.91 Å². The molecule has 34 heavy (non-hydrogen) atoms. The van der Waals surface area contributed by atoms with E-state index in [1.807, 2.05) is 6.92 Å². The number of anilines is 4. The van der Waals surface area contributed by atoms with Gasteiger partial charge in [0.2, 0.25) is 5.95 Å². The van der Waals surface area contributed by atoms with Crippen LogP contribution in [-0.2, 0) is 6.18 Å². The number of hydrogen-bond donors (Lipinski definition) is 4. The van der Waals surface area contributed by atoms with Crippen molar-refractivity contribution in [1.29, 1.82) is 0 Å². The summed E-state index contributed by atoms with van der Waals surface area (Å²) < 4.78 is 38.9. The second-order valence-corrected chi connectivity index (χ2v) is 7.59. The molecular formula is C23H20F3N7O. The van der Waals surface area contributed by atoms with Crippen molar-refractivity contribution >= 4 is 29.0 Å². The predicted molar refractivity (Wildman–Crippen MR) is 123 cm³/mol. The third kappa shape index (κ3) is 4.98. The second kappa shape index (κ2) is 8.85. The van der Waals surface area contributed by atoms with Gasteiger partial charge in [0.05, 0.1) is 16.8 Å². The molecule has 174 valence electrons. The first-order chi connectivity index (χ1) is 16.1. The minimum absolute atomic E-state index is 0.101. The molecule has 2 aromatic heterocycles. The number of aromatic nitrogens is 4. The predicted octanol–water partition coefficient (Wildman–Crippen LogP) is 5.08. The van der Waals surface area contributed by atoms with E-state index in [-0.39, 0.29) is 11.5 Å². The first-order valence-corrected chi connectivity index (χ1v) is 10.1. The van der Waals surface area contributed by atoms with Crippen LogP contribution in [0.5, 0.6) is 0 Å². The minimum Gasteiger partial charge on any atom is -0.368 e. The number of hydrogen-bond acceptors (Lipinski definition) is 6. The Kier molecular flexibility index (Phi) is 5.93. The van der Waals surface area contributed by atoms with Crippen LogP contribution in [0.4, 0.5) is 36.3 Å². The van der Waals surface area contributed by atoms with Gasteiger partial charge < -0.3 is 16.4 Å². The Bertz CT molecular complexity index is 1340. The fourth-order valence-corrected chi connectivity index (χ4v) is 3.31. The number of halogens is 3. The Morgan fingerprint density at radius 2 is 1.85 bits per heavy atom. The van der Waals surface area contributed by atoms with Crippen molar-refractivity contribution in [3.05, 3.63) is 77.1 Å². The zero-order chi connectivity index (χ0) is 24.5. The molecule has 5 N–H and O–H groups in total. The van der Waals surface area contributed by atoms with Crippen LogP contribution in [0.25, 0.3) is 11.3 Å². The van der Waals surface area contributed by atoms with E-state index >= 15 is 0 Å². The molecule has 1 amide bonds. The molecule has 0 fully saturated rings. The van der Waals surface area contributed by atoms with Gasteiger partial charge in [0.15, 0.2) is 5.82 Å². The van der Waals surface area contributed by atoms with Crippen molar-refractivity contribution in [2.24, 2.45) is 0 Å². The number of amides is 1. The molecule has 4 rings (SSSR count). The van der Waals surface area contributed by atoms with E-state index in [4.69, 9.17) is 5.73 Å². The van der Waals surface area contributed by atoms with Gasteiger partial charge in [-0.2, -0.15) is 18.3 Å². The number of carbonyl (C=O) groups is 1. The van der Waals surface area contributed by atoms with Crippen LogP contribution in [0.1, 0.15) is 27.2 Å². The summed E-state index contributed by atoms with van der Waals surface area (Å²) in [7, 11) is 0. The Labute approximate surface area is 192 Å². The number of nitrogens with zero attached hydrogens (tertiary/aromatic N) is 3. The van der Waals surface area contributed by atoms with Crippen molar-refractivity contribution < 1.29 is 18.0 Å². The van der Waals surface area contributed by atoms with Crippen molar-refractivity contribution in [1.82, 2.24) is 20.2 Å². The lowest BCUT2D eigenvalue weighted by atomic mass is 10.1. The Hall–Kier alpha value is -4.41. The number of H-pyrrole nitrogens is 1. The molecule has 0 unspecified atom stereocenters. The van der Waals surface area contributed by atoms with Gasteiger partial charge in [-0.15, -0.1) is 0 Å². The molecule has 0 atom stereocenters. The first-order valence-electron chi connectivity index (χ1n) is 10.1. The zero-order valence-corrected chi connectivity index (χ0v) is 18.2. The average molecular weight is 467 g/mol. The van der Waals surface area contributed by atoms with Crippen LogP contribution in [0, 0.1) is 13.8 Å². The number of nitrogens with two attached hydrogens (primary N) is 1. The van der Waals surface area contributed by atoms with Crippen molar-refractivity contribution in [2.45, 2.75) is 20.0 Å². The van der Waals surface area contributed by atoms with Gasteiger partial charge >= 0.3 is 6.18 Å². The van der Waals surface area contributed by atoms with E-state index in [9.17, 15) is 18.0 Å². The van der Waals surface area contributed by atoms with E-state index in [0.29, 0.717) is 34.1 Å². The molecule has 0 saturated carbocycles. The summed E-state index contributed by atoms with van der Waals surface area (Å²) in [5.41, 5.74) is 8.59. The van der Waals surface area contributed by atoms with Crippen molar-refractivity contribution in [3.63, 3.8) is 0 Å². The molecular weight excluding hydrogens is 447 g/mol. The summed E-state index contributed by atoms with van der Waals surface area (Å²) in [5.74, 6) is -0.0483. The Morgan fingerprint density at radius 3 is 2.59 bits per heavy atom. The highest BCUT2D eigenvalue weighted by atomic mass is 19.4. The molecule has 2 aromatic carbocycles. The summed E-state index contributed by atoms with van der Waals surface area (Å²) in [4.78, 5) is 20.9. The van der Waals surface area contributed by atoms with Gasteiger partial charge in [-0.25, -0.2) is 9.97 Å². The monoisotopic (exact) mass is 467 g/mol. The van der Waals surface area contributed by atoms with E-state index in [1.165, 1.54) is 12.1 Å². The highest BCUT2D eigenvalue weighted by molar-refractivity contribution is 6.04. The molecule has 0 aliphatic rings. The molecule has 0 radical (unpaired) electrons. The number of aryl methyl sites for hydroxylation is 2. The first kappa shape index (κ1) is 22.8. The SMILES string of the molecule is Cc1cc(-c2c[nH]nc2Nc2cc(NC(=O)c3cccc(C(F)(F)F)c3)ccc2C)nc(N)n1. The van der Waals surface area contributed by atoms with Crippen molar-refractivity contribution in [3.8, 4) is 11.3 Å². The normalized spacial score (nSPS) is 11.3. The summed E-state index contributed by atoms with van der Waals surface area (Å²) in [6, 6.07) is 11.1. The van der Waals surface area contributed by atoms with E-state index < -0.39 is 17.6 Å². The largest absolute Gasteiger partial charge is 0.416 e. The summed E-state index contributed by atoms with van der Waals surface area (Å²) in [5, 5.41) is 12.8. The van der Waals surface area contributed by atoms with Gasteiger partial charge in [-0.05, 0) is 55.8 Å². The van der Waals surface area contributed by atoms with Crippen LogP contribution in [-0.4, -0.2) is 26.1 Å². The topological polar surface area (TPSA) is 122 Å². The number of aromatic amines is 1. The fraction of sp³-hybridized carbons (Fsp3) is 0.130. The van der Waals surface area contributed by atoms with Crippen LogP contribution >= 0.6 is 0 Å². The highest BCUT2D eigenvalue weighted by Crippen LogP contribution is 2.31. The van der Waals surface area contributed by atoms with Gasteiger partial charge in [-0.1, -0.05) is 12.1 Å². The lowest BCUT2D eigenvalue weighted by Gasteiger charge is -2.13. The summed E-state index contributed by atoms with van der Waals surface area (Å²) in [6.45, 7) is 3.66. The van der Waals surface area contributed by atoms with Gasteiger partial charge in [-0.3, -0.25) is 9.89 Å². The molecule has 11 heteroatoms. The van der Waals surface area contributed by atoms with Crippen LogP contribution in [0.3, 0.4) is 0 Å². The molecule has 4 aromatic rings. The molecule has 0 aliphatic carbocycles. The maximum absolute atomic E-state index is 13.0. The van der Waals surface area contributed by atoms with Gasteiger partial charge in [0.1, 0.15) is 0 Å². The van der Waals surface area contributed by atoms with E-state index in [0.717, 1.165) is 17.7 Å². The molecule has 0 saturated heterocycles. The zero-order valence-electron chi connectivity index (χ0n) is 18.2. The third-order valence-electron chi connectivity index (χ3n) is 4.99. The van der Waals surface area contributed by atoms with Crippen LogP contribution < -0.4 is 16.4 Å². The summed E-state index contributed by atoms with van der Waals surface area (Å²) >= 11 is 0. The number of carbonyl (C=O) groups excluding carboxylic acids is 1. The second-order valence-electron chi connectivity index (χ2n) is 7.59. The molecule has 8 nitrogen and oxygen atoms in total. The van der Waals surface area contributed by atoms with Crippen LogP contribution in [0.15, 0.2) is 54.7 Å². The third-order valence-corrected chi connectivity index (χ3v) is 4.99. The maximum Gasteiger partial charge on any atom is 0.416 e. The Balaban J connectivity index is 1.57. The van der Waals surface area contributed by atoms with Crippen LogP contribution in [0.2, 0.25) is 0 Å². The smallest absolute Gasteiger partial charge is 0.368 e. The lowest BCUT2D eigenvalue weighted by molar-refractivity contribution is -0.137. The summed E-state index contributed by atoms with van der Waals surface area (Å²) in [6.07, 6.45) is -2.87. The highest BCUT2D eigenvalue weighted by Gasteiger charge is 2.30. The number of nitrogen functional groups attached to an aromatic ring is 1. The minimum atomic E-state index is -4.54. The maximum atomic E-state index is 13.0. The number of benzene rings is 2. The molecule has 0 bridgehead atoms. The number of alkyl halides is 3. The van der Waals surface area contributed by atoms with E-state index in [1.54, 1.807) is 37.4 Å². The number of rotatable bonds is 5. The van der Waals surface area contributed by atoms with E-state index in [2.05, 4.69) is 30.8 Å². The van der Waals surface area contributed by atoms with Gasteiger partial charge in [0, 0.05) is 28.8 Å². The quantitative estimate of drug-likeness (QED) is 0.325. The fourth-order valence-electron chi connectivity index (χ4n) is 3.31. The average Bonchev–Trinajstić information content (AvgIpc) is 3.23. The Morgan fingerprint density at radius 1 is 1.06 bits per heavy atom. The lowest BCUT2D eigenvalue weighted by Crippen LogP contribution is -2.14. The number of nitrogens with one attached hydrogen (secondary N) is 3.